The van der Waals surface area contributed by atoms with Gasteiger partial charge in [-0.05, 0) is 42.5 Å². The van der Waals surface area contributed by atoms with Crippen molar-refractivity contribution >= 4 is 28.8 Å². The fraction of sp³-hybridized carbons (Fsp3) is 0.400. The number of methoxy groups -OCH3 is 1. The van der Waals surface area contributed by atoms with E-state index in [1.54, 1.807) is 7.11 Å². The first-order valence-corrected chi connectivity index (χ1v) is 12.1. The van der Waals surface area contributed by atoms with Crippen LogP contribution in [0.2, 0.25) is 0 Å². The van der Waals surface area contributed by atoms with E-state index in [-0.39, 0.29) is 28.8 Å². The summed E-state index contributed by atoms with van der Waals surface area (Å²) in [6.07, 6.45) is 2.28. The zero-order valence-electron chi connectivity index (χ0n) is 18.7. The van der Waals surface area contributed by atoms with Crippen molar-refractivity contribution in [1.82, 2.24) is 9.80 Å². The Morgan fingerprint density at radius 2 is 1.79 bits per heavy atom. The average molecular weight is 469 g/mol. The van der Waals surface area contributed by atoms with Crippen LogP contribution in [0, 0.1) is 0 Å². The van der Waals surface area contributed by atoms with E-state index in [1.807, 2.05) is 53.4 Å². The Morgan fingerprint density at radius 1 is 1.03 bits per heavy atom. The molecule has 2 heterocycles. The average Bonchev–Trinajstić information content (AvgIpc) is 3.19. The van der Waals surface area contributed by atoms with Crippen LogP contribution in [0.1, 0.15) is 30.4 Å². The molecule has 2 aliphatic heterocycles. The van der Waals surface area contributed by atoms with E-state index in [0.717, 1.165) is 22.9 Å². The molecule has 0 spiro atoms. The number of ether oxygens (including phenoxy) is 2. The monoisotopic (exact) mass is 468 g/mol. The van der Waals surface area contributed by atoms with Crippen molar-refractivity contribution < 1.29 is 23.9 Å². The molecular formula is C25H28N2O5S. The third kappa shape index (κ3) is 5.68. The molecule has 0 atom stereocenters. The second-order valence-electron chi connectivity index (χ2n) is 8.19. The summed E-state index contributed by atoms with van der Waals surface area (Å²) in [6, 6.07) is 15.6. The number of piperidine rings is 1. The van der Waals surface area contributed by atoms with Crippen LogP contribution in [0.3, 0.4) is 0 Å². The summed E-state index contributed by atoms with van der Waals surface area (Å²) in [5.74, 6) is 1.53. The molecule has 0 bridgehead atoms. The van der Waals surface area contributed by atoms with E-state index in [1.165, 1.54) is 4.90 Å². The van der Waals surface area contributed by atoms with Gasteiger partial charge >= 0.3 is 0 Å². The zero-order chi connectivity index (χ0) is 23.2. The second-order valence-corrected chi connectivity index (χ2v) is 9.12. The fourth-order valence-corrected chi connectivity index (χ4v) is 5.00. The molecule has 0 aliphatic carbocycles. The van der Waals surface area contributed by atoms with E-state index in [2.05, 4.69) is 0 Å². The van der Waals surface area contributed by atoms with Crippen LogP contribution < -0.4 is 9.47 Å². The molecule has 2 saturated heterocycles. The Kier molecular flexibility index (Phi) is 7.54. The van der Waals surface area contributed by atoms with Gasteiger partial charge in [-0.25, -0.2) is 0 Å². The number of likely N-dealkylation sites (tertiary alicyclic amines) is 1. The van der Waals surface area contributed by atoms with E-state index in [4.69, 9.17) is 9.47 Å². The normalized spacial score (nSPS) is 16.9. The van der Waals surface area contributed by atoms with Gasteiger partial charge < -0.3 is 14.4 Å². The zero-order valence-corrected chi connectivity index (χ0v) is 19.5. The van der Waals surface area contributed by atoms with Gasteiger partial charge in [-0.2, -0.15) is 0 Å². The minimum absolute atomic E-state index is 0.0875. The minimum atomic E-state index is -0.158. The Hall–Kier alpha value is -3.00. The molecule has 0 radical (unpaired) electrons. The summed E-state index contributed by atoms with van der Waals surface area (Å²) in [6.45, 7) is 1.58. The van der Waals surface area contributed by atoms with Crippen LogP contribution in [-0.2, 0) is 22.6 Å². The van der Waals surface area contributed by atoms with Crippen LogP contribution >= 0.6 is 11.8 Å². The lowest BCUT2D eigenvalue weighted by Crippen LogP contribution is -2.48. The first kappa shape index (κ1) is 23.2. The van der Waals surface area contributed by atoms with Gasteiger partial charge in [0, 0.05) is 25.6 Å². The number of amides is 3. The molecule has 4 rings (SSSR count). The lowest BCUT2D eigenvalue weighted by molar-refractivity contribution is -0.133. The summed E-state index contributed by atoms with van der Waals surface area (Å²) in [5, 5.41) is -0.158. The Morgan fingerprint density at radius 3 is 2.45 bits per heavy atom. The molecular weight excluding hydrogens is 440 g/mol. The number of thioether (sulfide) groups is 1. The van der Waals surface area contributed by atoms with Gasteiger partial charge in [0.15, 0.2) is 11.5 Å². The van der Waals surface area contributed by atoms with Crippen LogP contribution in [0.5, 0.6) is 11.5 Å². The van der Waals surface area contributed by atoms with Gasteiger partial charge in [-0.1, -0.05) is 48.2 Å². The van der Waals surface area contributed by atoms with Gasteiger partial charge in [0.25, 0.3) is 5.24 Å². The molecule has 7 nitrogen and oxygen atoms in total. The van der Waals surface area contributed by atoms with Crippen molar-refractivity contribution in [2.24, 2.45) is 0 Å². The van der Waals surface area contributed by atoms with Crippen LogP contribution in [0.4, 0.5) is 4.79 Å². The van der Waals surface area contributed by atoms with Gasteiger partial charge in [0.05, 0.1) is 12.9 Å². The predicted molar refractivity (Wildman–Crippen MR) is 126 cm³/mol. The number of benzene rings is 2. The quantitative estimate of drug-likeness (QED) is 0.585. The number of hydrogen-bond acceptors (Lipinski definition) is 6. The SMILES string of the molecule is COc1ccc(CCC(=O)N2CCC(N3C(=O)CSC3=O)CC2)cc1OCc1ccccc1. The number of carbonyl (C=O) groups is 3. The third-order valence-electron chi connectivity index (χ3n) is 6.06. The maximum atomic E-state index is 12.8. The Bertz CT molecular complexity index is 989. The standard InChI is InChI=1S/C25H28N2O5S/c1-31-21-9-7-18(15-22(21)32-16-19-5-3-2-4-6-19)8-10-23(28)26-13-11-20(12-14-26)27-24(29)17-33-25(27)30/h2-7,9,15,20H,8,10-14,16-17H2,1H3. The maximum absolute atomic E-state index is 12.8. The molecule has 33 heavy (non-hydrogen) atoms. The highest BCUT2D eigenvalue weighted by atomic mass is 32.2. The number of carbonyl (C=O) groups excluding carboxylic acids is 3. The van der Waals surface area contributed by atoms with Crippen molar-refractivity contribution in [3.05, 3.63) is 59.7 Å². The highest BCUT2D eigenvalue weighted by Crippen LogP contribution is 2.30. The number of rotatable bonds is 8. The lowest BCUT2D eigenvalue weighted by atomic mass is 10.0. The number of nitrogens with zero attached hydrogens (tertiary/aromatic N) is 2. The summed E-state index contributed by atoms with van der Waals surface area (Å²) in [7, 11) is 1.61. The van der Waals surface area contributed by atoms with Crippen molar-refractivity contribution in [3.63, 3.8) is 0 Å². The molecule has 2 aromatic rings. The summed E-state index contributed by atoms with van der Waals surface area (Å²) >= 11 is 1.06. The topological polar surface area (TPSA) is 76.2 Å². The van der Waals surface area contributed by atoms with Gasteiger partial charge in [0.2, 0.25) is 11.8 Å². The largest absolute Gasteiger partial charge is 0.493 e. The van der Waals surface area contributed by atoms with Gasteiger partial charge in [-0.3, -0.25) is 19.3 Å². The van der Waals surface area contributed by atoms with Crippen molar-refractivity contribution in [1.29, 1.82) is 0 Å². The Balaban J connectivity index is 1.29. The minimum Gasteiger partial charge on any atom is -0.493 e. The Labute approximate surface area is 198 Å². The fourth-order valence-electron chi connectivity index (χ4n) is 4.22. The molecule has 2 aromatic carbocycles. The van der Waals surface area contributed by atoms with Crippen LogP contribution in [0.15, 0.2) is 48.5 Å². The first-order chi connectivity index (χ1) is 16.0. The van der Waals surface area contributed by atoms with E-state index >= 15 is 0 Å². The third-order valence-corrected chi connectivity index (χ3v) is 6.89. The molecule has 2 aliphatic rings. The molecule has 0 aromatic heterocycles. The van der Waals surface area contributed by atoms with E-state index in [0.29, 0.717) is 56.9 Å². The summed E-state index contributed by atoms with van der Waals surface area (Å²) in [5.41, 5.74) is 2.08. The van der Waals surface area contributed by atoms with Gasteiger partial charge in [0.1, 0.15) is 6.61 Å². The molecule has 174 valence electrons. The van der Waals surface area contributed by atoms with E-state index < -0.39 is 0 Å². The van der Waals surface area contributed by atoms with Crippen molar-refractivity contribution in [2.75, 3.05) is 26.0 Å². The van der Waals surface area contributed by atoms with Crippen molar-refractivity contribution in [3.8, 4) is 11.5 Å². The summed E-state index contributed by atoms with van der Waals surface area (Å²) in [4.78, 5) is 39.9. The number of aryl methyl sites for hydroxylation is 1. The maximum Gasteiger partial charge on any atom is 0.289 e. The summed E-state index contributed by atoms with van der Waals surface area (Å²) < 4.78 is 11.4. The van der Waals surface area contributed by atoms with Crippen molar-refractivity contribution in [2.45, 2.75) is 38.3 Å². The molecule has 2 fully saturated rings. The highest BCUT2D eigenvalue weighted by Gasteiger charge is 2.37. The molecule has 0 N–H and O–H groups in total. The second kappa shape index (κ2) is 10.7. The number of hydrogen-bond donors (Lipinski definition) is 0. The lowest BCUT2D eigenvalue weighted by Gasteiger charge is -2.35. The molecule has 8 heteroatoms. The molecule has 0 unspecified atom stereocenters. The van der Waals surface area contributed by atoms with Crippen LogP contribution in [0.25, 0.3) is 0 Å². The predicted octanol–water partition coefficient (Wildman–Crippen LogP) is 3.89. The van der Waals surface area contributed by atoms with Crippen LogP contribution in [-0.4, -0.2) is 58.8 Å². The van der Waals surface area contributed by atoms with Gasteiger partial charge in [-0.15, -0.1) is 0 Å². The number of imide groups is 1. The smallest absolute Gasteiger partial charge is 0.289 e. The highest BCUT2D eigenvalue weighted by molar-refractivity contribution is 8.14. The molecule has 0 saturated carbocycles. The van der Waals surface area contributed by atoms with E-state index in [9.17, 15) is 14.4 Å². The first-order valence-electron chi connectivity index (χ1n) is 11.2. The molecule has 3 amide bonds.